The van der Waals surface area contributed by atoms with Crippen molar-refractivity contribution in [1.82, 2.24) is 4.90 Å². The minimum absolute atomic E-state index is 0.0664. The lowest BCUT2D eigenvalue weighted by Crippen LogP contribution is -2.40. The first-order chi connectivity index (χ1) is 9.99. The van der Waals surface area contributed by atoms with E-state index >= 15 is 0 Å². The summed E-state index contributed by atoms with van der Waals surface area (Å²) in [5.41, 5.74) is 0.925. The summed E-state index contributed by atoms with van der Waals surface area (Å²) in [6.45, 7) is 4.57. The van der Waals surface area contributed by atoms with E-state index in [9.17, 15) is 14.3 Å². The van der Waals surface area contributed by atoms with Crippen LogP contribution in [0.2, 0.25) is 0 Å². The molecule has 0 atom stereocenters. The molecule has 0 aliphatic carbocycles. The molecule has 0 unspecified atom stereocenters. The first-order valence-electron chi connectivity index (χ1n) is 7.43. The first kappa shape index (κ1) is 18.0. The Morgan fingerprint density at radius 3 is 2.43 bits per heavy atom. The van der Waals surface area contributed by atoms with Crippen LogP contribution >= 0.6 is 15.9 Å². The highest BCUT2D eigenvalue weighted by Crippen LogP contribution is 2.20. The Bertz CT molecular complexity index is 462. The molecule has 0 aliphatic rings. The Balaban J connectivity index is 2.75. The number of amides is 1. The lowest BCUT2D eigenvalue weighted by Gasteiger charge is -2.29. The molecule has 118 valence electrons. The molecule has 1 amide bonds. The molecule has 0 radical (unpaired) electrons. The summed E-state index contributed by atoms with van der Waals surface area (Å²) in [6.07, 6.45) is 3.40. The van der Waals surface area contributed by atoms with Crippen LogP contribution in [0.15, 0.2) is 22.7 Å². The van der Waals surface area contributed by atoms with Gasteiger partial charge in [-0.15, -0.1) is 0 Å². The molecule has 0 bridgehead atoms. The molecule has 1 aromatic carbocycles. The van der Waals surface area contributed by atoms with E-state index in [-0.39, 0.29) is 11.9 Å². The van der Waals surface area contributed by atoms with E-state index in [1.807, 2.05) is 0 Å². The molecule has 1 rings (SSSR count). The maximum atomic E-state index is 13.1. The summed E-state index contributed by atoms with van der Waals surface area (Å²) < 4.78 is 13.8. The highest BCUT2D eigenvalue weighted by Gasteiger charge is 2.21. The predicted molar refractivity (Wildman–Crippen MR) is 86.1 cm³/mol. The second kappa shape index (κ2) is 9.03. The highest BCUT2D eigenvalue weighted by atomic mass is 79.9. The summed E-state index contributed by atoms with van der Waals surface area (Å²) in [6, 6.07) is 4.59. The van der Waals surface area contributed by atoms with E-state index in [0.717, 1.165) is 31.2 Å². The number of nitrogens with zero attached hydrogens (tertiary/aromatic N) is 1. The van der Waals surface area contributed by atoms with Crippen LogP contribution in [0.5, 0.6) is 0 Å². The maximum Gasteiger partial charge on any atom is 0.407 e. The van der Waals surface area contributed by atoms with Crippen LogP contribution in [0.4, 0.5) is 9.18 Å². The molecule has 0 saturated heterocycles. The Labute approximate surface area is 134 Å². The topological polar surface area (TPSA) is 40.5 Å². The molecule has 0 aromatic heterocycles. The predicted octanol–water partition coefficient (Wildman–Crippen LogP) is 5.08. The molecule has 5 heteroatoms. The first-order valence-corrected chi connectivity index (χ1v) is 8.22. The van der Waals surface area contributed by atoms with Gasteiger partial charge in [0.1, 0.15) is 5.82 Å². The Morgan fingerprint density at radius 2 is 1.95 bits per heavy atom. The Hall–Kier alpha value is -1.10. The van der Waals surface area contributed by atoms with Gasteiger partial charge in [0, 0.05) is 17.1 Å². The fraction of sp³-hybridized carbons (Fsp3) is 0.562. The third kappa shape index (κ3) is 5.65. The second-order valence-electron chi connectivity index (χ2n) is 5.19. The summed E-state index contributed by atoms with van der Waals surface area (Å²) in [5, 5.41) is 9.44. The van der Waals surface area contributed by atoms with Gasteiger partial charge in [-0.1, -0.05) is 48.7 Å². The molecule has 0 saturated carbocycles. The van der Waals surface area contributed by atoms with E-state index in [4.69, 9.17) is 0 Å². The molecule has 21 heavy (non-hydrogen) atoms. The van der Waals surface area contributed by atoms with Gasteiger partial charge in [0.2, 0.25) is 0 Å². The van der Waals surface area contributed by atoms with Crippen molar-refractivity contribution in [3.63, 3.8) is 0 Å². The van der Waals surface area contributed by atoms with Crippen molar-refractivity contribution in [2.45, 2.75) is 52.0 Å². The van der Waals surface area contributed by atoms with Crippen LogP contribution in [0, 0.1) is 5.82 Å². The number of hydrogen-bond acceptors (Lipinski definition) is 1. The van der Waals surface area contributed by atoms with Crippen molar-refractivity contribution in [2.75, 3.05) is 6.54 Å². The molecule has 0 fully saturated rings. The zero-order valence-corrected chi connectivity index (χ0v) is 14.2. The minimum Gasteiger partial charge on any atom is -0.465 e. The van der Waals surface area contributed by atoms with Crippen molar-refractivity contribution in [2.24, 2.45) is 0 Å². The lowest BCUT2D eigenvalue weighted by molar-refractivity contribution is 0.118. The molecular weight excluding hydrogens is 337 g/mol. The fourth-order valence-corrected chi connectivity index (χ4v) is 3.07. The van der Waals surface area contributed by atoms with E-state index in [2.05, 4.69) is 29.8 Å². The van der Waals surface area contributed by atoms with Crippen molar-refractivity contribution in [3.8, 4) is 0 Å². The van der Waals surface area contributed by atoms with Gasteiger partial charge in [-0.3, -0.25) is 0 Å². The number of rotatable bonds is 8. The second-order valence-corrected chi connectivity index (χ2v) is 6.05. The number of hydrogen-bond donors (Lipinski definition) is 1. The zero-order chi connectivity index (χ0) is 15.8. The van der Waals surface area contributed by atoms with Crippen molar-refractivity contribution in [3.05, 3.63) is 34.1 Å². The Morgan fingerprint density at radius 1 is 1.33 bits per heavy atom. The van der Waals surface area contributed by atoms with Crippen molar-refractivity contribution >= 4 is 22.0 Å². The van der Waals surface area contributed by atoms with Gasteiger partial charge in [-0.25, -0.2) is 9.18 Å². The van der Waals surface area contributed by atoms with E-state index in [1.165, 1.54) is 17.0 Å². The average molecular weight is 360 g/mol. The molecule has 0 aliphatic heterocycles. The van der Waals surface area contributed by atoms with Crippen molar-refractivity contribution in [1.29, 1.82) is 0 Å². The number of halogens is 2. The van der Waals surface area contributed by atoms with Gasteiger partial charge in [0.05, 0.1) is 0 Å². The quantitative estimate of drug-likeness (QED) is 0.702. The van der Waals surface area contributed by atoms with Crippen LogP contribution < -0.4 is 0 Å². The molecular formula is C16H23BrFNO2. The lowest BCUT2D eigenvalue weighted by atomic mass is 10.0. The van der Waals surface area contributed by atoms with Crippen molar-refractivity contribution < 1.29 is 14.3 Å². The zero-order valence-electron chi connectivity index (χ0n) is 12.6. The molecule has 0 spiro atoms. The van der Waals surface area contributed by atoms with Gasteiger partial charge >= 0.3 is 6.09 Å². The van der Waals surface area contributed by atoms with Crippen LogP contribution in [0.3, 0.4) is 0 Å². The van der Waals surface area contributed by atoms with E-state index < -0.39 is 6.09 Å². The van der Waals surface area contributed by atoms with Crippen LogP contribution in [0.1, 0.15) is 45.1 Å². The van der Waals surface area contributed by atoms with Gasteiger partial charge in [0.15, 0.2) is 0 Å². The maximum absolute atomic E-state index is 13.1. The summed E-state index contributed by atoms with van der Waals surface area (Å²) in [4.78, 5) is 13.0. The SMILES string of the molecule is CCCC(CCC)N(CCc1ccc(F)cc1Br)C(=O)O. The van der Waals surface area contributed by atoms with Crippen LogP contribution in [-0.4, -0.2) is 28.7 Å². The molecule has 1 aromatic rings. The van der Waals surface area contributed by atoms with Gasteiger partial charge < -0.3 is 10.0 Å². The molecule has 0 heterocycles. The van der Waals surface area contributed by atoms with E-state index in [0.29, 0.717) is 17.4 Å². The number of benzene rings is 1. The fourth-order valence-electron chi connectivity index (χ4n) is 2.52. The minimum atomic E-state index is -0.875. The third-order valence-electron chi connectivity index (χ3n) is 3.57. The smallest absolute Gasteiger partial charge is 0.407 e. The highest BCUT2D eigenvalue weighted by molar-refractivity contribution is 9.10. The largest absolute Gasteiger partial charge is 0.465 e. The Kier molecular flexibility index (Phi) is 7.72. The van der Waals surface area contributed by atoms with Gasteiger partial charge in [0.25, 0.3) is 0 Å². The molecule has 3 nitrogen and oxygen atoms in total. The monoisotopic (exact) mass is 359 g/mol. The summed E-state index contributed by atoms with van der Waals surface area (Å²) >= 11 is 3.33. The summed E-state index contributed by atoms with van der Waals surface area (Å²) in [5.74, 6) is -0.296. The third-order valence-corrected chi connectivity index (χ3v) is 4.31. The standard InChI is InChI=1S/C16H23BrFNO2/c1-3-5-14(6-4-2)19(16(20)21)10-9-12-7-8-13(18)11-15(12)17/h7-8,11,14H,3-6,9-10H2,1-2H3,(H,20,21). The van der Waals surface area contributed by atoms with Crippen LogP contribution in [0.25, 0.3) is 0 Å². The van der Waals surface area contributed by atoms with E-state index in [1.54, 1.807) is 6.07 Å². The normalized spacial score (nSPS) is 10.9. The summed E-state index contributed by atoms with van der Waals surface area (Å²) in [7, 11) is 0. The van der Waals surface area contributed by atoms with Gasteiger partial charge in [-0.2, -0.15) is 0 Å². The average Bonchev–Trinajstić information content (AvgIpc) is 2.41. The van der Waals surface area contributed by atoms with Crippen LogP contribution in [-0.2, 0) is 6.42 Å². The number of carboxylic acid groups (broad SMARTS) is 1. The van der Waals surface area contributed by atoms with Gasteiger partial charge in [-0.05, 0) is 37.0 Å². The number of carbonyl (C=O) groups is 1. The molecule has 1 N–H and O–H groups in total.